The third-order valence-corrected chi connectivity index (χ3v) is 5.78. The van der Waals surface area contributed by atoms with E-state index in [2.05, 4.69) is 21.7 Å². The van der Waals surface area contributed by atoms with Crippen LogP contribution in [0.25, 0.3) is 0 Å². The van der Waals surface area contributed by atoms with Gasteiger partial charge in [-0.2, -0.15) is 0 Å². The molecule has 2 N–H and O–H groups in total. The summed E-state index contributed by atoms with van der Waals surface area (Å²) in [6.45, 7) is 1.99. The summed E-state index contributed by atoms with van der Waals surface area (Å²) in [5.74, 6) is 1.20. The summed E-state index contributed by atoms with van der Waals surface area (Å²) in [6.07, 6.45) is 2.89. The van der Waals surface area contributed by atoms with Crippen LogP contribution in [0.2, 0.25) is 5.02 Å². The highest BCUT2D eigenvalue weighted by Crippen LogP contribution is 2.48. The van der Waals surface area contributed by atoms with Gasteiger partial charge < -0.3 is 20.1 Å². The van der Waals surface area contributed by atoms with Crippen LogP contribution in [0.3, 0.4) is 0 Å². The van der Waals surface area contributed by atoms with Crippen molar-refractivity contribution in [2.24, 2.45) is 4.99 Å². The number of nitrogens with one attached hydrogen (secondary N) is 2. The summed E-state index contributed by atoms with van der Waals surface area (Å²) in [5.41, 5.74) is 2.98. The molecule has 8 heteroatoms. The topological polar surface area (TPSA) is 54.9 Å². The SMILES string of the molecule is CN=C(NCCc1cc(F)cc2c1OCOC2)NCC1(c2cccc(Cl)c2)CC1.I. The Morgan fingerprint density at radius 2 is 2.07 bits per heavy atom. The monoisotopic (exact) mass is 545 g/mol. The molecule has 2 aromatic carbocycles. The first-order valence-corrected chi connectivity index (χ1v) is 10.2. The third-order valence-electron chi connectivity index (χ3n) is 5.55. The van der Waals surface area contributed by atoms with Gasteiger partial charge in [-0.3, -0.25) is 4.99 Å². The molecule has 1 aliphatic carbocycles. The third kappa shape index (κ3) is 5.36. The summed E-state index contributed by atoms with van der Waals surface area (Å²) in [6, 6.07) is 11.1. The Kier molecular flexibility index (Phi) is 7.81. The highest BCUT2D eigenvalue weighted by atomic mass is 127. The minimum Gasteiger partial charge on any atom is -0.467 e. The first-order valence-electron chi connectivity index (χ1n) is 9.82. The van der Waals surface area contributed by atoms with Crippen LogP contribution in [0, 0.1) is 5.82 Å². The Morgan fingerprint density at radius 3 is 2.80 bits per heavy atom. The molecule has 30 heavy (non-hydrogen) atoms. The number of aliphatic imine (C=N–C) groups is 1. The zero-order chi connectivity index (χ0) is 20.3. The van der Waals surface area contributed by atoms with Crippen molar-refractivity contribution in [3.05, 3.63) is 63.9 Å². The fourth-order valence-electron chi connectivity index (χ4n) is 3.77. The second kappa shape index (κ2) is 10.2. The van der Waals surface area contributed by atoms with Gasteiger partial charge in [-0.25, -0.2) is 4.39 Å². The molecular formula is C22H26ClFIN3O2. The predicted octanol–water partition coefficient (Wildman–Crippen LogP) is 4.40. The van der Waals surface area contributed by atoms with Crippen molar-refractivity contribution in [2.45, 2.75) is 31.3 Å². The molecule has 5 nitrogen and oxygen atoms in total. The van der Waals surface area contributed by atoms with Crippen LogP contribution in [-0.2, 0) is 23.2 Å². The molecule has 1 saturated carbocycles. The molecule has 1 aliphatic heterocycles. The van der Waals surface area contributed by atoms with Crippen LogP contribution in [-0.4, -0.2) is 32.9 Å². The van der Waals surface area contributed by atoms with Gasteiger partial charge >= 0.3 is 0 Å². The number of nitrogens with zero attached hydrogens (tertiary/aromatic N) is 1. The molecule has 0 bridgehead atoms. The maximum absolute atomic E-state index is 13.9. The van der Waals surface area contributed by atoms with Gasteiger partial charge in [0.15, 0.2) is 12.8 Å². The fraction of sp³-hybridized carbons (Fsp3) is 0.409. The van der Waals surface area contributed by atoms with Crippen LogP contribution in [0.5, 0.6) is 5.75 Å². The standard InChI is InChI=1S/C22H25ClFN3O2.HI/c1-25-21(27-13-22(6-7-22)17-3-2-4-18(23)11-17)26-8-5-15-9-19(24)10-16-12-28-14-29-20(15)16;/h2-4,9-11H,5-8,12-14H2,1H3,(H2,25,26,27);1H. The Morgan fingerprint density at radius 1 is 1.23 bits per heavy atom. The largest absolute Gasteiger partial charge is 0.467 e. The quantitative estimate of drug-likeness (QED) is 0.321. The van der Waals surface area contributed by atoms with E-state index in [0.717, 1.165) is 47.2 Å². The first-order chi connectivity index (χ1) is 14.1. The molecule has 0 aromatic heterocycles. The lowest BCUT2D eigenvalue weighted by Crippen LogP contribution is -2.42. The Balaban J connectivity index is 0.00000256. The van der Waals surface area contributed by atoms with E-state index in [1.165, 1.54) is 17.7 Å². The molecule has 2 aliphatic rings. The number of ether oxygens (including phenoxy) is 2. The van der Waals surface area contributed by atoms with Gasteiger partial charge in [0.1, 0.15) is 11.6 Å². The summed E-state index contributed by atoms with van der Waals surface area (Å²) in [7, 11) is 1.75. The number of hydrogen-bond donors (Lipinski definition) is 2. The molecule has 0 unspecified atom stereocenters. The van der Waals surface area contributed by atoms with Crippen molar-refractivity contribution in [1.29, 1.82) is 0 Å². The van der Waals surface area contributed by atoms with Crippen LogP contribution >= 0.6 is 35.6 Å². The average molecular weight is 546 g/mol. The molecule has 0 radical (unpaired) electrons. The van der Waals surface area contributed by atoms with Crippen LogP contribution in [0.15, 0.2) is 41.4 Å². The van der Waals surface area contributed by atoms with Gasteiger partial charge in [-0.05, 0) is 54.7 Å². The number of hydrogen-bond acceptors (Lipinski definition) is 3. The van der Waals surface area contributed by atoms with Gasteiger partial charge in [-0.1, -0.05) is 23.7 Å². The van der Waals surface area contributed by atoms with Crippen molar-refractivity contribution < 1.29 is 13.9 Å². The average Bonchev–Trinajstić information content (AvgIpc) is 3.51. The maximum atomic E-state index is 13.9. The number of benzene rings is 2. The minimum absolute atomic E-state index is 0. The first kappa shape index (κ1) is 23.1. The molecule has 0 atom stereocenters. The summed E-state index contributed by atoms with van der Waals surface area (Å²) in [5, 5.41) is 7.50. The summed E-state index contributed by atoms with van der Waals surface area (Å²) >= 11 is 6.16. The number of rotatable bonds is 6. The lowest BCUT2D eigenvalue weighted by Gasteiger charge is -2.22. The van der Waals surface area contributed by atoms with E-state index in [1.807, 2.05) is 18.2 Å². The van der Waals surface area contributed by atoms with Gasteiger partial charge in [0, 0.05) is 36.1 Å². The van der Waals surface area contributed by atoms with Gasteiger partial charge in [0.25, 0.3) is 0 Å². The van der Waals surface area contributed by atoms with Crippen molar-refractivity contribution in [2.75, 3.05) is 26.9 Å². The fourth-order valence-corrected chi connectivity index (χ4v) is 3.96. The van der Waals surface area contributed by atoms with Crippen molar-refractivity contribution in [3.8, 4) is 5.75 Å². The second-order valence-corrected chi connectivity index (χ2v) is 7.99. The van der Waals surface area contributed by atoms with Crippen LogP contribution < -0.4 is 15.4 Å². The molecule has 2 aromatic rings. The molecule has 0 spiro atoms. The zero-order valence-electron chi connectivity index (χ0n) is 16.8. The van der Waals surface area contributed by atoms with E-state index < -0.39 is 0 Å². The van der Waals surface area contributed by atoms with Gasteiger partial charge in [0.05, 0.1) is 6.61 Å². The van der Waals surface area contributed by atoms with Crippen LogP contribution in [0.4, 0.5) is 4.39 Å². The van der Waals surface area contributed by atoms with Gasteiger partial charge in [-0.15, -0.1) is 24.0 Å². The molecule has 1 fully saturated rings. The highest BCUT2D eigenvalue weighted by molar-refractivity contribution is 14.0. The Labute approximate surface area is 198 Å². The maximum Gasteiger partial charge on any atom is 0.191 e. The smallest absolute Gasteiger partial charge is 0.191 e. The summed E-state index contributed by atoms with van der Waals surface area (Å²) < 4.78 is 24.7. The van der Waals surface area contributed by atoms with E-state index in [0.29, 0.717) is 19.6 Å². The Bertz CT molecular complexity index is 921. The predicted molar refractivity (Wildman–Crippen MR) is 128 cm³/mol. The van der Waals surface area contributed by atoms with E-state index in [-0.39, 0.29) is 42.0 Å². The second-order valence-electron chi connectivity index (χ2n) is 7.56. The zero-order valence-corrected chi connectivity index (χ0v) is 19.9. The van der Waals surface area contributed by atoms with Crippen molar-refractivity contribution in [1.82, 2.24) is 10.6 Å². The highest BCUT2D eigenvalue weighted by Gasteiger charge is 2.44. The normalized spacial score (nSPS) is 16.7. The Hall–Kier alpha value is -1.58. The minimum atomic E-state index is -0.271. The lowest BCUT2D eigenvalue weighted by molar-refractivity contribution is -0.0172. The van der Waals surface area contributed by atoms with E-state index in [4.69, 9.17) is 21.1 Å². The number of guanidine groups is 1. The number of fused-ring (bicyclic) bond motifs is 1. The molecular weight excluding hydrogens is 520 g/mol. The van der Waals surface area contributed by atoms with Crippen molar-refractivity contribution in [3.63, 3.8) is 0 Å². The molecule has 4 rings (SSSR count). The molecule has 0 saturated heterocycles. The summed E-state index contributed by atoms with van der Waals surface area (Å²) in [4.78, 5) is 4.31. The van der Waals surface area contributed by atoms with E-state index >= 15 is 0 Å². The van der Waals surface area contributed by atoms with E-state index in [9.17, 15) is 4.39 Å². The molecule has 1 heterocycles. The van der Waals surface area contributed by atoms with E-state index in [1.54, 1.807) is 7.05 Å². The molecule has 162 valence electrons. The lowest BCUT2D eigenvalue weighted by atomic mass is 9.96. The number of halogens is 3. The van der Waals surface area contributed by atoms with Crippen molar-refractivity contribution >= 4 is 41.5 Å². The molecule has 0 amide bonds. The van der Waals surface area contributed by atoms with Gasteiger partial charge in [0.2, 0.25) is 0 Å². The van der Waals surface area contributed by atoms with Crippen LogP contribution in [0.1, 0.15) is 29.5 Å².